The zero-order chi connectivity index (χ0) is 9.68. The SMILES string of the molecule is CCc1cccc(CC)c1N=NN. The number of aryl methyl sites for hydroxylation is 2. The summed E-state index contributed by atoms with van der Waals surface area (Å²) in [5.41, 5.74) is 3.34. The Kier molecular flexibility index (Phi) is 3.43. The van der Waals surface area contributed by atoms with Gasteiger partial charge in [-0.15, -0.1) is 5.11 Å². The second-order valence-electron chi connectivity index (χ2n) is 2.85. The van der Waals surface area contributed by atoms with Gasteiger partial charge in [-0.05, 0) is 24.0 Å². The third-order valence-corrected chi connectivity index (χ3v) is 2.12. The summed E-state index contributed by atoms with van der Waals surface area (Å²) < 4.78 is 0. The molecule has 13 heavy (non-hydrogen) atoms. The molecular weight excluding hydrogens is 162 g/mol. The molecule has 0 aliphatic rings. The van der Waals surface area contributed by atoms with Gasteiger partial charge in [-0.1, -0.05) is 37.3 Å². The van der Waals surface area contributed by atoms with E-state index in [2.05, 4.69) is 36.3 Å². The van der Waals surface area contributed by atoms with Crippen molar-refractivity contribution in [3.8, 4) is 0 Å². The Balaban J connectivity index is 3.21. The van der Waals surface area contributed by atoms with E-state index in [0.29, 0.717) is 0 Å². The number of nitrogens with zero attached hydrogens (tertiary/aromatic N) is 2. The van der Waals surface area contributed by atoms with Gasteiger partial charge in [-0.25, -0.2) is 0 Å². The highest BCUT2D eigenvalue weighted by molar-refractivity contribution is 5.52. The summed E-state index contributed by atoms with van der Waals surface area (Å²) in [5.74, 6) is 5.07. The minimum atomic E-state index is 0.940. The van der Waals surface area contributed by atoms with Crippen LogP contribution in [0.25, 0.3) is 0 Å². The Labute approximate surface area is 78.6 Å². The Hall–Kier alpha value is -1.38. The highest BCUT2D eigenvalue weighted by atomic mass is 15.3. The Morgan fingerprint density at radius 3 is 2.08 bits per heavy atom. The van der Waals surface area contributed by atoms with Crippen molar-refractivity contribution in [2.24, 2.45) is 16.2 Å². The minimum absolute atomic E-state index is 0.940. The van der Waals surface area contributed by atoms with E-state index in [9.17, 15) is 0 Å². The topological polar surface area (TPSA) is 50.7 Å². The molecule has 0 heterocycles. The van der Waals surface area contributed by atoms with Gasteiger partial charge in [0, 0.05) is 0 Å². The summed E-state index contributed by atoms with van der Waals surface area (Å²) in [6.07, 6.45) is 1.92. The smallest absolute Gasteiger partial charge is 0.0937 e. The third-order valence-electron chi connectivity index (χ3n) is 2.12. The number of nitrogens with two attached hydrogens (primary N) is 1. The van der Waals surface area contributed by atoms with Crippen LogP contribution in [0.2, 0.25) is 0 Å². The molecule has 1 aromatic rings. The predicted molar refractivity (Wildman–Crippen MR) is 53.9 cm³/mol. The highest BCUT2D eigenvalue weighted by Crippen LogP contribution is 2.25. The van der Waals surface area contributed by atoms with Crippen molar-refractivity contribution >= 4 is 5.69 Å². The summed E-state index contributed by atoms with van der Waals surface area (Å²) in [6.45, 7) is 4.20. The van der Waals surface area contributed by atoms with Gasteiger partial charge in [-0.2, -0.15) is 0 Å². The molecule has 0 aromatic heterocycles. The molecule has 1 aromatic carbocycles. The van der Waals surface area contributed by atoms with Gasteiger partial charge in [0.1, 0.15) is 0 Å². The van der Waals surface area contributed by atoms with Crippen LogP contribution < -0.4 is 5.84 Å². The van der Waals surface area contributed by atoms with Crippen LogP contribution >= 0.6 is 0 Å². The molecule has 0 aliphatic carbocycles. The molecule has 0 saturated carbocycles. The molecular formula is C10H15N3. The van der Waals surface area contributed by atoms with E-state index < -0.39 is 0 Å². The summed E-state index contributed by atoms with van der Waals surface area (Å²) in [4.78, 5) is 0. The van der Waals surface area contributed by atoms with Crippen LogP contribution in [-0.4, -0.2) is 0 Å². The first kappa shape index (κ1) is 9.71. The number of benzene rings is 1. The van der Waals surface area contributed by atoms with E-state index in [1.165, 1.54) is 11.1 Å². The van der Waals surface area contributed by atoms with Crippen LogP contribution in [0.3, 0.4) is 0 Å². The minimum Gasteiger partial charge on any atom is -0.305 e. The Morgan fingerprint density at radius 1 is 1.15 bits per heavy atom. The molecule has 1 rings (SSSR count). The maximum absolute atomic E-state index is 5.07. The van der Waals surface area contributed by atoms with E-state index in [-0.39, 0.29) is 0 Å². The average molecular weight is 177 g/mol. The molecule has 0 fully saturated rings. The zero-order valence-corrected chi connectivity index (χ0v) is 8.12. The molecule has 70 valence electrons. The lowest BCUT2D eigenvalue weighted by molar-refractivity contribution is 1.01. The Morgan fingerprint density at radius 2 is 1.69 bits per heavy atom. The standard InChI is InChI=1S/C10H15N3/c1-3-8-6-5-7-9(4-2)10(8)12-13-11/h5-7H,3-4H2,1-2H3,(H2,11,12). The van der Waals surface area contributed by atoms with Gasteiger partial charge < -0.3 is 5.84 Å². The lowest BCUT2D eigenvalue weighted by Gasteiger charge is -2.06. The first-order valence-electron chi connectivity index (χ1n) is 4.55. The van der Waals surface area contributed by atoms with Crippen LogP contribution in [0.15, 0.2) is 28.5 Å². The second-order valence-corrected chi connectivity index (χ2v) is 2.85. The van der Waals surface area contributed by atoms with E-state index in [1.54, 1.807) is 0 Å². The molecule has 0 saturated heterocycles. The molecule has 0 radical (unpaired) electrons. The lowest BCUT2D eigenvalue weighted by Crippen LogP contribution is -1.88. The van der Waals surface area contributed by atoms with Crippen LogP contribution in [0, 0.1) is 0 Å². The van der Waals surface area contributed by atoms with Crippen molar-refractivity contribution < 1.29 is 0 Å². The first-order valence-corrected chi connectivity index (χ1v) is 4.55. The van der Waals surface area contributed by atoms with Crippen LogP contribution in [0.1, 0.15) is 25.0 Å². The second kappa shape index (κ2) is 4.60. The van der Waals surface area contributed by atoms with Crippen molar-refractivity contribution in [2.75, 3.05) is 0 Å². The van der Waals surface area contributed by atoms with Gasteiger partial charge in [-0.3, -0.25) is 0 Å². The molecule has 3 heteroatoms. The average Bonchev–Trinajstić information content (AvgIpc) is 2.18. The van der Waals surface area contributed by atoms with Crippen molar-refractivity contribution in [3.63, 3.8) is 0 Å². The van der Waals surface area contributed by atoms with Crippen LogP contribution in [-0.2, 0) is 12.8 Å². The van der Waals surface area contributed by atoms with E-state index in [0.717, 1.165) is 18.5 Å². The fraction of sp³-hybridized carbons (Fsp3) is 0.400. The molecule has 0 amide bonds. The van der Waals surface area contributed by atoms with Crippen molar-refractivity contribution in [2.45, 2.75) is 26.7 Å². The number of hydrogen-bond donors (Lipinski definition) is 1. The molecule has 2 N–H and O–H groups in total. The summed E-state index contributed by atoms with van der Waals surface area (Å²) >= 11 is 0. The monoisotopic (exact) mass is 177 g/mol. The molecule has 0 atom stereocenters. The van der Waals surface area contributed by atoms with E-state index in [4.69, 9.17) is 5.84 Å². The van der Waals surface area contributed by atoms with Gasteiger partial charge in [0.25, 0.3) is 0 Å². The van der Waals surface area contributed by atoms with Crippen LogP contribution in [0.5, 0.6) is 0 Å². The van der Waals surface area contributed by atoms with E-state index in [1.807, 2.05) is 6.07 Å². The number of rotatable bonds is 3. The molecule has 3 nitrogen and oxygen atoms in total. The molecule has 0 aliphatic heterocycles. The normalized spacial score (nSPS) is 10.9. The largest absolute Gasteiger partial charge is 0.305 e. The van der Waals surface area contributed by atoms with Crippen molar-refractivity contribution in [3.05, 3.63) is 29.3 Å². The van der Waals surface area contributed by atoms with Gasteiger partial charge in [0.2, 0.25) is 0 Å². The molecule has 0 unspecified atom stereocenters. The predicted octanol–water partition coefficient (Wildman–Crippen LogP) is 2.77. The zero-order valence-electron chi connectivity index (χ0n) is 8.12. The Bertz CT molecular complexity index is 283. The lowest BCUT2D eigenvalue weighted by atomic mass is 10.0. The molecule has 0 bridgehead atoms. The first-order chi connectivity index (χ1) is 6.33. The van der Waals surface area contributed by atoms with Crippen molar-refractivity contribution in [1.29, 1.82) is 0 Å². The van der Waals surface area contributed by atoms with Crippen molar-refractivity contribution in [1.82, 2.24) is 0 Å². The summed E-state index contributed by atoms with van der Waals surface area (Å²) in [5, 5.41) is 7.30. The quantitative estimate of drug-likeness (QED) is 0.431. The maximum Gasteiger partial charge on any atom is 0.0937 e. The van der Waals surface area contributed by atoms with Crippen LogP contribution in [0.4, 0.5) is 5.69 Å². The maximum atomic E-state index is 5.07. The third kappa shape index (κ3) is 2.05. The van der Waals surface area contributed by atoms with E-state index >= 15 is 0 Å². The summed E-state index contributed by atoms with van der Waals surface area (Å²) in [7, 11) is 0. The highest BCUT2D eigenvalue weighted by Gasteiger charge is 2.04. The van der Waals surface area contributed by atoms with Gasteiger partial charge >= 0.3 is 0 Å². The van der Waals surface area contributed by atoms with Gasteiger partial charge in [0.05, 0.1) is 5.69 Å². The molecule has 0 spiro atoms. The fourth-order valence-electron chi connectivity index (χ4n) is 1.40. The fourth-order valence-corrected chi connectivity index (χ4v) is 1.40. The van der Waals surface area contributed by atoms with Gasteiger partial charge in [0.15, 0.2) is 0 Å². The summed E-state index contributed by atoms with van der Waals surface area (Å²) in [6, 6.07) is 6.17. The number of hydrogen-bond acceptors (Lipinski definition) is 2.